The number of carbonyl (C=O) groups is 1. The summed E-state index contributed by atoms with van der Waals surface area (Å²) in [5, 5.41) is 4.07. The molecule has 0 fully saturated rings. The second-order valence-electron chi connectivity index (χ2n) is 4.45. The van der Waals surface area contributed by atoms with E-state index in [9.17, 15) is 18.0 Å². The Balaban J connectivity index is 2.50. The van der Waals surface area contributed by atoms with Crippen LogP contribution in [0.4, 0.5) is 13.2 Å². The molecule has 2 rings (SSSR count). The van der Waals surface area contributed by atoms with Crippen molar-refractivity contribution in [1.82, 2.24) is 9.78 Å². The molecule has 0 aliphatic heterocycles. The summed E-state index contributed by atoms with van der Waals surface area (Å²) in [7, 11) is 1.51. The molecule has 0 N–H and O–H groups in total. The van der Waals surface area contributed by atoms with Crippen molar-refractivity contribution in [2.45, 2.75) is 13.1 Å². The van der Waals surface area contributed by atoms with Gasteiger partial charge < -0.3 is 4.74 Å². The number of halogens is 4. The van der Waals surface area contributed by atoms with Gasteiger partial charge in [0.15, 0.2) is 5.69 Å². The van der Waals surface area contributed by atoms with Crippen molar-refractivity contribution in [2.24, 2.45) is 7.05 Å². The molecular weight excluding hydrogens is 321 g/mol. The van der Waals surface area contributed by atoms with E-state index in [-0.39, 0.29) is 22.9 Å². The summed E-state index contributed by atoms with van der Waals surface area (Å²) < 4.78 is 44.5. The number of aromatic nitrogens is 2. The highest BCUT2D eigenvalue weighted by molar-refractivity contribution is 6.33. The summed E-state index contributed by atoms with van der Waals surface area (Å²) in [6.07, 6.45) is -4.48. The monoisotopic (exact) mass is 332 g/mol. The van der Waals surface area contributed by atoms with Gasteiger partial charge in [-0.15, -0.1) is 0 Å². The molecule has 0 atom stereocenters. The van der Waals surface area contributed by atoms with Crippen LogP contribution in [0, 0.1) is 0 Å². The van der Waals surface area contributed by atoms with Gasteiger partial charge in [-0.1, -0.05) is 11.6 Å². The summed E-state index contributed by atoms with van der Waals surface area (Å²) >= 11 is 5.98. The Morgan fingerprint density at radius 3 is 2.64 bits per heavy atom. The molecule has 1 aromatic heterocycles. The molecule has 0 saturated carbocycles. The van der Waals surface area contributed by atoms with Crippen LogP contribution in [0.5, 0.6) is 0 Å². The van der Waals surface area contributed by atoms with Crippen LogP contribution in [0.2, 0.25) is 5.02 Å². The summed E-state index contributed by atoms with van der Waals surface area (Å²) in [5.41, 5.74) is -0.389. The van der Waals surface area contributed by atoms with E-state index < -0.39 is 17.7 Å². The van der Waals surface area contributed by atoms with E-state index >= 15 is 0 Å². The zero-order chi connectivity index (χ0) is 16.5. The molecule has 1 aromatic carbocycles. The number of rotatable bonds is 3. The number of alkyl halides is 3. The number of hydrogen-bond acceptors (Lipinski definition) is 3. The molecule has 4 nitrogen and oxygen atoms in total. The Bertz CT molecular complexity index is 711. The third-order valence-corrected chi connectivity index (χ3v) is 3.26. The normalized spacial score (nSPS) is 11.5. The van der Waals surface area contributed by atoms with E-state index in [4.69, 9.17) is 16.3 Å². The van der Waals surface area contributed by atoms with Gasteiger partial charge >= 0.3 is 12.1 Å². The molecule has 0 amide bonds. The van der Waals surface area contributed by atoms with Crippen molar-refractivity contribution in [1.29, 1.82) is 0 Å². The zero-order valence-corrected chi connectivity index (χ0v) is 12.5. The van der Waals surface area contributed by atoms with Crippen LogP contribution in [0.1, 0.15) is 23.0 Å². The number of ether oxygens (including phenoxy) is 1. The summed E-state index contributed by atoms with van der Waals surface area (Å²) in [4.78, 5) is 11.6. The molecule has 0 saturated heterocycles. The Morgan fingerprint density at radius 1 is 1.36 bits per heavy atom. The summed E-state index contributed by atoms with van der Waals surface area (Å²) in [6, 6.07) is 4.33. The first-order chi connectivity index (χ1) is 10.2. The maximum absolute atomic E-state index is 12.8. The largest absolute Gasteiger partial charge is 0.461 e. The first-order valence-electron chi connectivity index (χ1n) is 6.32. The lowest BCUT2D eigenvalue weighted by atomic mass is 10.1. The molecule has 8 heteroatoms. The van der Waals surface area contributed by atoms with Gasteiger partial charge in [-0.2, -0.15) is 18.3 Å². The summed E-state index contributed by atoms with van der Waals surface area (Å²) in [6.45, 7) is 1.82. The Labute approximate surface area is 129 Å². The first-order valence-corrected chi connectivity index (χ1v) is 6.70. The Hall–Kier alpha value is -2.02. The van der Waals surface area contributed by atoms with Crippen LogP contribution in [0.15, 0.2) is 24.3 Å². The fourth-order valence-electron chi connectivity index (χ4n) is 1.92. The molecule has 0 unspecified atom stereocenters. The predicted molar refractivity (Wildman–Crippen MR) is 74.6 cm³/mol. The molecule has 118 valence electrons. The number of nitrogens with zero attached hydrogens (tertiary/aromatic N) is 2. The van der Waals surface area contributed by atoms with E-state index in [0.29, 0.717) is 5.69 Å². The van der Waals surface area contributed by atoms with Crippen molar-refractivity contribution in [3.05, 3.63) is 40.5 Å². The van der Waals surface area contributed by atoms with Crippen LogP contribution >= 0.6 is 11.6 Å². The fraction of sp³-hybridized carbons (Fsp3) is 0.286. The van der Waals surface area contributed by atoms with Gasteiger partial charge in [0.2, 0.25) is 0 Å². The van der Waals surface area contributed by atoms with Crippen molar-refractivity contribution >= 4 is 17.6 Å². The molecule has 0 bridgehead atoms. The minimum atomic E-state index is -4.48. The topological polar surface area (TPSA) is 44.1 Å². The number of aryl methyl sites for hydroxylation is 1. The van der Waals surface area contributed by atoms with Gasteiger partial charge in [-0.3, -0.25) is 4.68 Å². The van der Waals surface area contributed by atoms with Crippen LogP contribution in [0.3, 0.4) is 0 Å². The lowest BCUT2D eigenvalue weighted by molar-refractivity contribution is -0.137. The summed E-state index contributed by atoms with van der Waals surface area (Å²) in [5.74, 6) is -0.646. The van der Waals surface area contributed by atoms with Crippen molar-refractivity contribution in [3.63, 3.8) is 0 Å². The lowest BCUT2D eigenvalue weighted by Crippen LogP contribution is -2.06. The minimum Gasteiger partial charge on any atom is -0.461 e. The molecule has 0 aliphatic carbocycles. The van der Waals surface area contributed by atoms with Crippen molar-refractivity contribution in [3.8, 4) is 11.3 Å². The highest BCUT2D eigenvalue weighted by atomic mass is 35.5. The van der Waals surface area contributed by atoms with Crippen molar-refractivity contribution < 1.29 is 22.7 Å². The van der Waals surface area contributed by atoms with Gasteiger partial charge in [-0.25, -0.2) is 4.79 Å². The van der Waals surface area contributed by atoms with Gasteiger partial charge in [0.25, 0.3) is 0 Å². The molecular formula is C14H12ClF3N2O2. The molecule has 22 heavy (non-hydrogen) atoms. The smallest absolute Gasteiger partial charge is 0.416 e. The average Bonchev–Trinajstić information content (AvgIpc) is 2.80. The highest BCUT2D eigenvalue weighted by Gasteiger charge is 2.31. The van der Waals surface area contributed by atoms with Crippen LogP contribution in [0.25, 0.3) is 11.3 Å². The highest BCUT2D eigenvalue weighted by Crippen LogP contribution is 2.36. The maximum Gasteiger partial charge on any atom is 0.416 e. The number of carbonyl (C=O) groups excluding carboxylic acids is 1. The Morgan fingerprint density at radius 2 is 2.05 bits per heavy atom. The van der Waals surface area contributed by atoms with Gasteiger partial charge in [-0.05, 0) is 31.2 Å². The van der Waals surface area contributed by atoms with Crippen molar-refractivity contribution in [2.75, 3.05) is 6.61 Å². The predicted octanol–water partition coefficient (Wildman–Crippen LogP) is 3.94. The molecule has 0 aliphatic rings. The number of esters is 1. The quantitative estimate of drug-likeness (QED) is 0.800. The van der Waals surface area contributed by atoms with E-state index in [2.05, 4.69) is 5.10 Å². The van der Waals surface area contributed by atoms with Crippen LogP contribution in [-0.4, -0.2) is 22.4 Å². The lowest BCUT2D eigenvalue weighted by Gasteiger charge is -2.10. The van der Waals surface area contributed by atoms with E-state index in [1.807, 2.05) is 0 Å². The van der Waals surface area contributed by atoms with Crippen LogP contribution < -0.4 is 0 Å². The number of benzene rings is 1. The second kappa shape index (κ2) is 6.00. The standard InChI is InChI=1S/C14H12ClF3N2O2/c1-3-22-13(21)11-7-12(20(2)19-11)9-6-8(14(16,17)18)4-5-10(9)15/h4-7H,3H2,1-2H3. The molecule has 0 spiro atoms. The third-order valence-electron chi connectivity index (χ3n) is 2.93. The number of hydrogen-bond donors (Lipinski definition) is 0. The van der Waals surface area contributed by atoms with Gasteiger partial charge in [0.05, 0.1) is 17.9 Å². The first kappa shape index (κ1) is 16.4. The maximum atomic E-state index is 12.8. The fourth-order valence-corrected chi connectivity index (χ4v) is 2.14. The van der Waals surface area contributed by atoms with Crippen LogP contribution in [-0.2, 0) is 18.0 Å². The third kappa shape index (κ3) is 3.24. The second-order valence-corrected chi connectivity index (χ2v) is 4.86. The molecule has 2 aromatic rings. The molecule has 0 radical (unpaired) electrons. The minimum absolute atomic E-state index is 0.00725. The van der Waals surface area contributed by atoms with Gasteiger partial charge in [0.1, 0.15) is 0 Å². The molecule has 1 heterocycles. The Kier molecular flexibility index (Phi) is 4.46. The van der Waals surface area contributed by atoms with Gasteiger partial charge in [0, 0.05) is 17.6 Å². The van der Waals surface area contributed by atoms with E-state index in [0.717, 1.165) is 18.2 Å². The average molecular weight is 333 g/mol. The SMILES string of the molecule is CCOC(=O)c1cc(-c2cc(C(F)(F)F)ccc2Cl)n(C)n1. The van der Waals surface area contributed by atoms with E-state index in [1.54, 1.807) is 6.92 Å². The zero-order valence-electron chi connectivity index (χ0n) is 11.7. The van der Waals surface area contributed by atoms with E-state index in [1.165, 1.54) is 17.8 Å².